The van der Waals surface area contributed by atoms with E-state index in [0.717, 1.165) is 47.5 Å². The summed E-state index contributed by atoms with van der Waals surface area (Å²) in [6, 6.07) is 9.45. The lowest BCUT2D eigenvalue weighted by Crippen LogP contribution is -2.30. The minimum absolute atomic E-state index is 0.284. The van der Waals surface area contributed by atoms with Gasteiger partial charge in [0, 0.05) is 23.7 Å². The Morgan fingerprint density at radius 3 is 2.68 bits per heavy atom. The lowest BCUT2D eigenvalue weighted by Gasteiger charge is -2.28. The van der Waals surface area contributed by atoms with E-state index in [1.54, 1.807) is 0 Å². The van der Waals surface area contributed by atoms with Crippen LogP contribution in [0.3, 0.4) is 0 Å². The van der Waals surface area contributed by atoms with Crippen LogP contribution in [0.25, 0.3) is 33.3 Å². The maximum Gasteiger partial charge on any atom is 0.416 e. The highest BCUT2D eigenvalue weighted by Crippen LogP contribution is 2.36. The Bertz CT molecular complexity index is 1300. The molecule has 1 aliphatic rings. The second-order valence-electron chi connectivity index (χ2n) is 9.43. The third kappa shape index (κ3) is 4.68. The van der Waals surface area contributed by atoms with Gasteiger partial charge in [0.1, 0.15) is 5.82 Å². The van der Waals surface area contributed by atoms with Gasteiger partial charge in [-0.1, -0.05) is 36.6 Å². The van der Waals surface area contributed by atoms with Gasteiger partial charge in [0.15, 0.2) is 0 Å². The first-order valence-corrected chi connectivity index (χ1v) is 12.2. The lowest BCUT2D eigenvalue weighted by atomic mass is 9.92. The number of hydrogen-bond donors (Lipinski definition) is 1. The number of aromatic amines is 1. The van der Waals surface area contributed by atoms with Gasteiger partial charge in [-0.25, -0.2) is 4.98 Å². The fourth-order valence-corrected chi connectivity index (χ4v) is 5.38. The highest BCUT2D eigenvalue weighted by Gasteiger charge is 2.31. The number of piperidine rings is 1. The summed E-state index contributed by atoms with van der Waals surface area (Å²) in [6.07, 6.45) is 3.68. The Hall–Kier alpha value is -2.51. The van der Waals surface area contributed by atoms with E-state index in [9.17, 15) is 13.2 Å². The normalized spacial score (nSPS) is 16.1. The first-order chi connectivity index (χ1) is 16.3. The molecule has 2 aromatic carbocycles. The molecule has 2 aromatic heterocycles. The number of imidazole rings is 1. The van der Waals surface area contributed by atoms with Gasteiger partial charge in [0.25, 0.3) is 0 Å². The van der Waals surface area contributed by atoms with Crippen LogP contribution >= 0.6 is 11.6 Å². The van der Waals surface area contributed by atoms with Crippen molar-refractivity contribution in [1.29, 1.82) is 0 Å². The van der Waals surface area contributed by atoms with Crippen LogP contribution in [0.5, 0.6) is 0 Å². The number of unbranched alkanes of at least 4 members (excludes halogenated alkanes) is 1. The van der Waals surface area contributed by atoms with Gasteiger partial charge in [-0.05, 0) is 69.6 Å². The van der Waals surface area contributed by atoms with Gasteiger partial charge in [-0.3, -0.25) is 0 Å². The quantitative estimate of drug-likeness (QED) is 0.288. The number of alkyl halides is 3. The maximum absolute atomic E-state index is 13.1. The third-order valence-corrected chi connectivity index (χ3v) is 7.31. The van der Waals surface area contributed by atoms with Crippen molar-refractivity contribution in [3.05, 3.63) is 53.2 Å². The van der Waals surface area contributed by atoms with Crippen molar-refractivity contribution in [2.24, 2.45) is 5.92 Å². The number of halogens is 4. The predicted octanol–water partition coefficient (Wildman–Crippen LogP) is 7.37. The molecule has 1 fully saturated rings. The van der Waals surface area contributed by atoms with E-state index in [-0.39, 0.29) is 5.52 Å². The molecular weight excluding hydrogens is 461 g/mol. The first-order valence-electron chi connectivity index (χ1n) is 11.8. The average molecular weight is 489 g/mol. The molecule has 0 spiro atoms. The van der Waals surface area contributed by atoms with E-state index in [0.29, 0.717) is 16.4 Å². The SMILES string of the molecule is CN1CCC(CCCCn2cc(Cl)c3c(-c4nc5cc(C(F)(F)F)ccc5[nH]4)cccc32)CC1. The highest BCUT2D eigenvalue weighted by atomic mass is 35.5. The van der Waals surface area contributed by atoms with Crippen LogP contribution < -0.4 is 0 Å². The van der Waals surface area contributed by atoms with E-state index in [1.165, 1.54) is 44.8 Å². The standard InChI is InChI=1S/C26H28ClF3N4/c1-33-13-10-17(11-14-33)5-2-3-12-34-16-20(27)24-19(6-4-7-23(24)34)25-31-21-9-8-18(26(28,29)30)15-22(21)32-25/h4,6-9,15-17H,2-3,5,10-14H2,1H3,(H,31,32). The molecule has 4 aromatic rings. The third-order valence-electron chi connectivity index (χ3n) is 7.02. The molecule has 1 N–H and O–H groups in total. The molecule has 1 saturated heterocycles. The largest absolute Gasteiger partial charge is 0.416 e. The molecule has 0 saturated carbocycles. The van der Waals surface area contributed by atoms with E-state index in [2.05, 4.69) is 26.5 Å². The minimum Gasteiger partial charge on any atom is -0.346 e. The zero-order valence-electron chi connectivity index (χ0n) is 19.1. The van der Waals surface area contributed by atoms with E-state index < -0.39 is 11.7 Å². The van der Waals surface area contributed by atoms with Gasteiger partial charge in [0.2, 0.25) is 0 Å². The number of rotatable bonds is 6. The molecule has 5 rings (SSSR count). The first kappa shape index (κ1) is 23.2. The van der Waals surface area contributed by atoms with Gasteiger partial charge < -0.3 is 14.5 Å². The highest BCUT2D eigenvalue weighted by molar-refractivity contribution is 6.36. The van der Waals surface area contributed by atoms with Crippen molar-refractivity contribution < 1.29 is 13.2 Å². The molecule has 0 bridgehead atoms. The summed E-state index contributed by atoms with van der Waals surface area (Å²) >= 11 is 6.65. The molecule has 0 amide bonds. The molecule has 0 unspecified atom stereocenters. The fourth-order valence-electron chi connectivity index (χ4n) is 5.06. The minimum atomic E-state index is -4.40. The molecule has 3 heterocycles. The van der Waals surface area contributed by atoms with Crippen molar-refractivity contribution in [3.63, 3.8) is 0 Å². The Morgan fingerprint density at radius 1 is 1.12 bits per heavy atom. The van der Waals surface area contributed by atoms with Crippen LogP contribution in [0.2, 0.25) is 5.02 Å². The number of fused-ring (bicyclic) bond motifs is 2. The van der Waals surface area contributed by atoms with Gasteiger partial charge >= 0.3 is 6.18 Å². The number of likely N-dealkylation sites (tertiary alicyclic amines) is 1. The lowest BCUT2D eigenvalue weighted by molar-refractivity contribution is -0.137. The van der Waals surface area contributed by atoms with Crippen LogP contribution in [-0.4, -0.2) is 39.6 Å². The summed E-state index contributed by atoms with van der Waals surface area (Å²) in [7, 11) is 2.19. The number of H-pyrrole nitrogens is 1. The molecule has 8 heteroatoms. The van der Waals surface area contributed by atoms with Crippen molar-refractivity contribution in [1.82, 2.24) is 19.4 Å². The number of nitrogens with zero attached hydrogens (tertiary/aromatic N) is 3. The van der Waals surface area contributed by atoms with Crippen molar-refractivity contribution in [2.45, 2.75) is 44.8 Å². The molecule has 1 aliphatic heterocycles. The van der Waals surface area contributed by atoms with Crippen LogP contribution in [0.15, 0.2) is 42.6 Å². The van der Waals surface area contributed by atoms with E-state index in [4.69, 9.17) is 11.6 Å². The topological polar surface area (TPSA) is 36.9 Å². The Labute approximate surface area is 201 Å². The fraction of sp³-hybridized carbons (Fsp3) is 0.423. The number of aryl methyl sites for hydroxylation is 1. The zero-order valence-corrected chi connectivity index (χ0v) is 19.9. The van der Waals surface area contributed by atoms with Crippen molar-refractivity contribution in [3.8, 4) is 11.4 Å². The summed E-state index contributed by atoms with van der Waals surface area (Å²) < 4.78 is 41.5. The van der Waals surface area contributed by atoms with E-state index >= 15 is 0 Å². The Kier molecular flexibility index (Phi) is 6.34. The summed E-state index contributed by atoms with van der Waals surface area (Å²) in [6.45, 7) is 3.28. The number of hydrogen-bond acceptors (Lipinski definition) is 2. The molecule has 34 heavy (non-hydrogen) atoms. The second-order valence-corrected chi connectivity index (χ2v) is 9.83. The van der Waals surface area contributed by atoms with Gasteiger partial charge in [0.05, 0.1) is 27.1 Å². The summed E-state index contributed by atoms with van der Waals surface area (Å²) in [5, 5.41) is 1.49. The molecule has 4 nitrogen and oxygen atoms in total. The zero-order chi connectivity index (χ0) is 23.9. The monoisotopic (exact) mass is 488 g/mol. The number of nitrogens with one attached hydrogen (secondary N) is 1. The molecule has 0 atom stereocenters. The Morgan fingerprint density at radius 2 is 1.91 bits per heavy atom. The van der Waals surface area contributed by atoms with Gasteiger partial charge in [-0.2, -0.15) is 13.2 Å². The molecule has 180 valence electrons. The van der Waals surface area contributed by atoms with Crippen LogP contribution in [0, 0.1) is 5.92 Å². The average Bonchev–Trinajstić information content (AvgIpc) is 3.38. The summed E-state index contributed by atoms with van der Waals surface area (Å²) in [4.78, 5) is 10.0. The Balaban J connectivity index is 1.35. The molecular formula is C26H28ClF3N4. The van der Waals surface area contributed by atoms with Crippen LogP contribution in [0.4, 0.5) is 13.2 Å². The van der Waals surface area contributed by atoms with Crippen LogP contribution in [-0.2, 0) is 12.7 Å². The molecule has 0 radical (unpaired) electrons. The van der Waals surface area contributed by atoms with Crippen LogP contribution in [0.1, 0.15) is 37.7 Å². The predicted molar refractivity (Wildman–Crippen MR) is 131 cm³/mol. The smallest absolute Gasteiger partial charge is 0.346 e. The van der Waals surface area contributed by atoms with Crippen molar-refractivity contribution >= 4 is 33.5 Å². The van der Waals surface area contributed by atoms with Crippen molar-refractivity contribution in [2.75, 3.05) is 20.1 Å². The maximum atomic E-state index is 13.1. The number of aromatic nitrogens is 3. The number of benzene rings is 2. The summed E-state index contributed by atoms with van der Waals surface area (Å²) in [5.74, 6) is 1.35. The second kappa shape index (κ2) is 9.27. The van der Waals surface area contributed by atoms with E-state index in [1.807, 2.05) is 24.4 Å². The molecule has 0 aliphatic carbocycles. The van der Waals surface area contributed by atoms with Gasteiger partial charge in [-0.15, -0.1) is 0 Å². The summed E-state index contributed by atoms with van der Waals surface area (Å²) in [5.41, 5.74) is 1.94.